The van der Waals surface area contributed by atoms with Gasteiger partial charge in [-0.3, -0.25) is 9.59 Å². The molecule has 0 atom stereocenters. The smallest absolute Gasteiger partial charge is 0.254 e. The van der Waals surface area contributed by atoms with Crippen molar-refractivity contribution in [1.29, 1.82) is 0 Å². The van der Waals surface area contributed by atoms with Crippen LogP contribution in [0.4, 0.5) is 0 Å². The Balaban J connectivity index is 1.57. The maximum atomic E-state index is 12.3. The fourth-order valence-corrected chi connectivity index (χ4v) is 3.55. The molecule has 29 heavy (non-hydrogen) atoms. The number of hydrogen-bond donors (Lipinski definition) is 2. The molecule has 5 heteroatoms. The second kappa shape index (κ2) is 9.73. The SMILES string of the molecule is Cc1cc(O)cc(=O)n1CCC(=O)NCCC(c1ccccc1)c1ccccc1. The lowest BCUT2D eigenvalue weighted by Crippen LogP contribution is -2.29. The fraction of sp³-hybridized carbons (Fsp3) is 0.250. The van der Waals surface area contributed by atoms with Crippen LogP contribution in [0.3, 0.4) is 0 Å². The van der Waals surface area contributed by atoms with E-state index >= 15 is 0 Å². The average molecular weight is 390 g/mol. The van der Waals surface area contributed by atoms with Crippen molar-refractivity contribution in [2.45, 2.75) is 32.2 Å². The quantitative estimate of drug-likeness (QED) is 0.617. The first-order valence-corrected chi connectivity index (χ1v) is 9.81. The van der Waals surface area contributed by atoms with Gasteiger partial charge < -0.3 is 15.0 Å². The highest BCUT2D eigenvalue weighted by atomic mass is 16.3. The Morgan fingerprint density at radius 2 is 1.59 bits per heavy atom. The Morgan fingerprint density at radius 3 is 2.14 bits per heavy atom. The van der Waals surface area contributed by atoms with Crippen LogP contribution in [0.5, 0.6) is 5.75 Å². The van der Waals surface area contributed by atoms with Crippen molar-refractivity contribution in [3.8, 4) is 5.75 Å². The Labute approximate surface area is 170 Å². The van der Waals surface area contributed by atoms with Gasteiger partial charge in [0.1, 0.15) is 5.75 Å². The van der Waals surface area contributed by atoms with E-state index in [1.807, 2.05) is 36.4 Å². The number of carbonyl (C=O) groups is 1. The van der Waals surface area contributed by atoms with Crippen LogP contribution >= 0.6 is 0 Å². The summed E-state index contributed by atoms with van der Waals surface area (Å²) in [5.74, 6) is 0.0602. The summed E-state index contributed by atoms with van der Waals surface area (Å²) in [4.78, 5) is 24.2. The second-order valence-corrected chi connectivity index (χ2v) is 7.11. The molecule has 2 N–H and O–H groups in total. The predicted molar refractivity (Wildman–Crippen MR) is 114 cm³/mol. The number of carbonyl (C=O) groups excluding carboxylic acids is 1. The summed E-state index contributed by atoms with van der Waals surface area (Å²) in [5, 5.41) is 12.4. The molecule has 1 amide bonds. The second-order valence-electron chi connectivity index (χ2n) is 7.11. The topological polar surface area (TPSA) is 71.3 Å². The van der Waals surface area contributed by atoms with Crippen molar-refractivity contribution in [2.75, 3.05) is 6.54 Å². The number of aromatic hydroxyl groups is 1. The van der Waals surface area contributed by atoms with E-state index in [0.717, 1.165) is 12.5 Å². The molecule has 0 radical (unpaired) electrons. The molecule has 0 aliphatic carbocycles. The van der Waals surface area contributed by atoms with E-state index in [9.17, 15) is 14.7 Å². The van der Waals surface area contributed by atoms with Gasteiger partial charge >= 0.3 is 0 Å². The van der Waals surface area contributed by atoms with Gasteiger partial charge in [0, 0.05) is 37.2 Å². The molecule has 0 spiro atoms. The number of rotatable bonds is 8. The molecule has 3 aromatic rings. The number of hydrogen-bond acceptors (Lipinski definition) is 3. The van der Waals surface area contributed by atoms with Crippen molar-refractivity contribution in [2.24, 2.45) is 0 Å². The summed E-state index contributed by atoms with van der Waals surface area (Å²) < 4.78 is 1.50. The molecule has 1 heterocycles. The van der Waals surface area contributed by atoms with Crippen molar-refractivity contribution < 1.29 is 9.90 Å². The van der Waals surface area contributed by atoms with Crippen molar-refractivity contribution in [3.63, 3.8) is 0 Å². The maximum Gasteiger partial charge on any atom is 0.254 e. The molecule has 0 bridgehead atoms. The van der Waals surface area contributed by atoms with Crippen LogP contribution in [-0.2, 0) is 11.3 Å². The summed E-state index contributed by atoms with van der Waals surface area (Å²) in [6.07, 6.45) is 1.00. The number of nitrogens with zero attached hydrogens (tertiary/aromatic N) is 1. The average Bonchev–Trinajstić information content (AvgIpc) is 2.71. The Bertz CT molecular complexity index is 958. The Hall–Kier alpha value is -3.34. The van der Waals surface area contributed by atoms with E-state index in [1.54, 1.807) is 6.92 Å². The van der Waals surface area contributed by atoms with Gasteiger partial charge in [0.2, 0.25) is 5.91 Å². The molecule has 3 rings (SSSR count). The van der Waals surface area contributed by atoms with Crippen LogP contribution < -0.4 is 10.9 Å². The predicted octanol–water partition coefficient (Wildman–Crippen LogP) is 3.59. The zero-order valence-corrected chi connectivity index (χ0v) is 16.5. The van der Waals surface area contributed by atoms with E-state index in [0.29, 0.717) is 12.2 Å². The van der Waals surface area contributed by atoms with Crippen LogP contribution in [0.1, 0.15) is 35.6 Å². The lowest BCUT2D eigenvalue weighted by molar-refractivity contribution is -0.121. The Kier molecular flexibility index (Phi) is 6.85. The van der Waals surface area contributed by atoms with Crippen LogP contribution in [0.15, 0.2) is 77.6 Å². The number of aromatic nitrogens is 1. The van der Waals surface area contributed by atoms with Gasteiger partial charge in [0.05, 0.1) is 0 Å². The summed E-state index contributed by atoms with van der Waals surface area (Å²) in [6.45, 7) is 2.58. The van der Waals surface area contributed by atoms with Gasteiger partial charge in [-0.1, -0.05) is 60.7 Å². The molecule has 2 aromatic carbocycles. The largest absolute Gasteiger partial charge is 0.508 e. The lowest BCUT2D eigenvalue weighted by Gasteiger charge is -2.18. The number of amides is 1. The first-order valence-electron chi connectivity index (χ1n) is 9.81. The van der Waals surface area contributed by atoms with Crippen LogP contribution in [0.2, 0.25) is 0 Å². The summed E-state index contributed by atoms with van der Waals surface area (Å²) in [5.41, 5.74) is 2.78. The number of aryl methyl sites for hydroxylation is 1. The van der Waals surface area contributed by atoms with Crippen LogP contribution in [-0.4, -0.2) is 22.1 Å². The van der Waals surface area contributed by atoms with Gasteiger partial charge in [0.15, 0.2) is 0 Å². The molecule has 150 valence electrons. The fourth-order valence-electron chi connectivity index (χ4n) is 3.55. The highest BCUT2D eigenvalue weighted by Gasteiger charge is 2.14. The normalized spacial score (nSPS) is 10.8. The minimum atomic E-state index is -0.302. The number of pyridine rings is 1. The minimum Gasteiger partial charge on any atom is -0.508 e. The zero-order valence-electron chi connectivity index (χ0n) is 16.5. The van der Waals surface area contributed by atoms with E-state index in [4.69, 9.17) is 0 Å². The lowest BCUT2D eigenvalue weighted by atomic mass is 9.88. The summed E-state index contributed by atoms with van der Waals surface area (Å²) in [6, 6.07) is 23.2. The van der Waals surface area contributed by atoms with Crippen LogP contribution in [0.25, 0.3) is 0 Å². The molecule has 0 aliphatic heterocycles. The number of benzene rings is 2. The van der Waals surface area contributed by atoms with Gasteiger partial charge in [0.25, 0.3) is 5.56 Å². The van der Waals surface area contributed by atoms with Crippen molar-refractivity contribution in [1.82, 2.24) is 9.88 Å². The third kappa shape index (κ3) is 5.57. The molecule has 0 saturated heterocycles. The molecular weight excluding hydrogens is 364 g/mol. The first-order chi connectivity index (χ1) is 14.0. The van der Waals surface area contributed by atoms with E-state index in [1.165, 1.54) is 21.8 Å². The molecule has 0 unspecified atom stereocenters. The summed E-state index contributed by atoms with van der Waals surface area (Å²) >= 11 is 0. The van der Waals surface area contributed by atoms with E-state index < -0.39 is 0 Å². The highest BCUT2D eigenvalue weighted by Crippen LogP contribution is 2.27. The standard InChI is InChI=1S/C24H26N2O3/c1-18-16-21(27)17-24(29)26(18)15-13-23(28)25-14-12-22(19-8-4-2-5-9-19)20-10-6-3-7-11-20/h2-11,16-17,22,27H,12-15H2,1H3,(H,25,28). The maximum absolute atomic E-state index is 12.3. The Morgan fingerprint density at radius 1 is 1.00 bits per heavy atom. The zero-order chi connectivity index (χ0) is 20.6. The molecular formula is C24H26N2O3. The van der Waals surface area contributed by atoms with Gasteiger partial charge in [-0.2, -0.15) is 0 Å². The minimum absolute atomic E-state index is 0.0546. The van der Waals surface area contributed by atoms with Crippen molar-refractivity contribution in [3.05, 3.63) is 100.0 Å². The van der Waals surface area contributed by atoms with Gasteiger partial charge in [-0.15, -0.1) is 0 Å². The monoisotopic (exact) mass is 390 g/mol. The number of nitrogens with one attached hydrogen (secondary N) is 1. The molecule has 5 nitrogen and oxygen atoms in total. The third-order valence-electron chi connectivity index (χ3n) is 5.04. The highest BCUT2D eigenvalue weighted by molar-refractivity contribution is 5.75. The van der Waals surface area contributed by atoms with Crippen LogP contribution in [0, 0.1) is 6.92 Å². The van der Waals surface area contributed by atoms with Gasteiger partial charge in [-0.25, -0.2) is 0 Å². The molecule has 0 fully saturated rings. The molecule has 1 aromatic heterocycles. The summed E-state index contributed by atoms with van der Waals surface area (Å²) in [7, 11) is 0. The molecule has 0 aliphatic rings. The van der Waals surface area contributed by atoms with E-state index in [2.05, 4.69) is 29.6 Å². The van der Waals surface area contributed by atoms with E-state index in [-0.39, 0.29) is 36.1 Å². The van der Waals surface area contributed by atoms with Crippen molar-refractivity contribution >= 4 is 5.91 Å². The molecule has 0 saturated carbocycles. The van der Waals surface area contributed by atoms with Gasteiger partial charge in [-0.05, 0) is 30.5 Å². The first kappa shape index (κ1) is 20.4. The third-order valence-corrected chi connectivity index (χ3v) is 5.04.